The number of halogens is 2. The molecule has 0 aliphatic carbocycles. The van der Waals surface area contributed by atoms with Crippen molar-refractivity contribution in [3.05, 3.63) is 35.4 Å². The number of aliphatic imine (C=N–C) groups is 1. The SMILES string of the molecule is CCN1CCCC(CNC(=NC)NCc2cc(F)ccc2F)C1. The average Bonchev–Trinajstić information content (AvgIpc) is 2.58. The van der Waals surface area contributed by atoms with Crippen molar-refractivity contribution in [3.63, 3.8) is 0 Å². The molecule has 0 bridgehead atoms. The van der Waals surface area contributed by atoms with E-state index in [1.54, 1.807) is 7.05 Å². The first-order valence-electron chi connectivity index (χ1n) is 8.23. The predicted octanol–water partition coefficient (Wildman–Crippen LogP) is 2.36. The molecular weight excluding hydrogens is 298 g/mol. The molecule has 1 aliphatic heterocycles. The number of guanidine groups is 1. The highest BCUT2D eigenvalue weighted by Gasteiger charge is 2.18. The van der Waals surface area contributed by atoms with Gasteiger partial charge in [0.05, 0.1) is 0 Å². The molecule has 1 unspecified atom stereocenters. The molecule has 6 heteroatoms. The van der Waals surface area contributed by atoms with Crippen molar-refractivity contribution in [2.75, 3.05) is 33.2 Å². The highest BCUT2D eigenvalue weighted by Crippen LogP contribution is 2.15. The lowest BCUT2D eigenvalue weighted by Gasteiger charge is -2.32. The molecule has 2 N–H and O–H groups in total. The van der Waals surface area contributed by atoms with Crippen LogP contribution in [-0.4, -0.2) is 44.1 Å². The third-order valence-electron chi connectivity index (χ3n) is 4.29. The summed E-state index contributed by atoms with van der Waals surface area (Å²) in [5, 5.41) is 6.32. The van der Waals surface area contributed by atoms with Crippen LogP contribution in [0, 0.1) is 17.6 Å². The molecule has 23 heavy (non-hydrogen) atoms. The molecule has 0 amide bonds. The minimum absolute atomic E-state index is 0.203. The average molecular weight is 324 g/mol. The fourth-order valence-corrected chi connectivity index (χ4v) is 2.92. The standard InChI is InChI=1S/C17H26F2N4/c1-3-23-8-4-5-13(12-23)10-21-17(20-2)22-11-14-9-15(18)6-7-16(14)19/h6-7,9,13H,3-5,8,10-12H2,1-2H3,(H2,20,21,22). The first-order chi connectivity index (χ1) is 11.1. The Balaban J connectivity index is 1.80. The third kappa shape index (κ3) is 5.46. The van der Waals surface area contributed by atoms with Crippen LogP contribution in [0.2, 0.25) is 0 Å². The van der Waals surface area contributed by atoms with Crippen LogP contribution < -0.4 is 10.6 Å². The number of hydrogen-bond acceptors (Lipinski definition) is 2. The summed E-state index contributed by atoms with van der Waals surface area (Å²) in [7, 11) is 1.68. The molecule has 0 spiro atoms. The fraction of sp³-hybridized carbons (Fsp3) is 0.588. The van der Waals surface area contributed by atoms with E-state index >= 15 is 0 Å². The Bertz CT molecular complexity index is 533. The maximum Gasteiger partial charge on any atom is 0.191 e. The summed E-state index contributed by atoms with van der Waals surface area (Å²) >= 11 is 0. The summed E-state index contributed by atoms with van der Waals surface area (Å²) in [5.74, 6) is 0.351. The second-order valence-corrected chi connectivity index (χ2v) is 5.94. The highest BCUT2D eigenvalue weighted by atomic mass is 19.1. The van der Waals surface area contributed by atoms with Crippen molar-refractivity contribution in [3.8, 4) is 0 Å². The lowest BCUT2D eigenvalue weighted by molar-refractivity contribution is 0.183. The molecule has 1 aliphatic rings. The number of nitrogens with zero attached hydrogens (tertiary/aromatic N) is 2. The summed E-state index contributed by atoms with van der Waals surface area (Å²) in [6.07, 6.45) is 2.43. The van der Waals surface area contributed by atoms with Gasteiger partial charge in [0.1, 0.15) is 11.6 Å². The van der Waals surface area contributed by atoms with Crippen LogP contribution in [-0.2, 0) is 6.54 Å². The van der Waals surface area contributed by atoms with Gasteiger partial charge in [0.25, 0.3) is 0 Å². The summed E-state index contributed by atoms with van der Waals surface area (Å²) in [5.41, 5.74) is 0.294. The topological polar surface area (TPSA) is 39.7 Å². The van der Waals surface area contributed by atoms with E-state index in [-0.39, 0.29) is 6.54 Å². The van der Waals surface area contributed by atoms with Crippen LogP contribution in [0.15, 0.2) is 23.2 Å². The third-order valence-corrected chi connectivity index (χ3v) is 4.29. The predicted molar refractivity (Wildman–Crippen MR) is 89.4 cm³/mol. The van der Waals surface area contributed by atoms with Crippen molar-refractivity contribution >= 4 is 5.96 Å². The summed E-state index contributed by atoms with van der Waals surface area (Å²) in [6.45, 7) is 6.58. The Morgan fingerprint density at radius 2 is 2.17 bits per heavy atom. The van der Waals surface area contributed by atoms with Crippen LogP contribution in [0.5, 0.6) is 0 Å². The van der Waals surface area contributed by atoms with E-state index in [9.17, 15) is 8.78 Å². The monoisotopic (exact) mass is 324 g/mol. The van der Waals surface area contributed by atoms with Gasteiger partial charge in [-0.1, -0.05) is 6.92 Å². The van der Waals surface area contributed by atoms with Gasteiger partial charge >= 0.3 is 0 Å². The van der Waals surface area contributed by atoms with Crippen molar-refractivity contribution in [2.24, 2.45) is 10.9 Å². The van der Waals surface area contributed by atoms with Gasteiger partial charge in [-0.3, -0.25) is 4.99 Å². The van der Waals surface area contributed by atoms with E-state index in [2.05, 4.69) is 27.4 Å². The first-order valence-corrected chi connectivity index (χ1v) is 8.23. The molecule has 1 fully saturated rings. The Hall–Kier alpha value is -1.69. The molecule has 4 nitrogen and oxygen atoms in total. The number of benzene rings is 1. The van der Waals surface area contributed by atoms with Gasteiger partial charge in [0.15, 0.2) is 5.96 Å². The number of rotatable bonds is 5. The number of likely N-dealkylation sites (tertiary alicyclic amines) is 1. The normalized spacial score (nSPS) is 19.7. The Labute approximate surface area is 137 Å². The molecule has 128 valence electrons. The zero-order valence-corrected chi connectivity index (χ0v) is 13.9. The molecule has 0 aromatic heterocycles. The lowest BCUT2D eigenvalue weighted by atomic mass is 9.98. The highest BCUT2D eigenvalue weighted by molar-refractivity contribution is 5.79. The molecule has 1 atom stereocenters. The van der Waals surface area contributed by atoms with Gasteiger partial charge < -0.3 is 15.5 Å². The number of nitrogens with one attached hydrogen (secondary N) is 2. The van der Waals surface area contributed by atoms with Crippen LogP contribution in [0.25, 0.3) is 0 Å². The first kappa shape index (κ1) is 17.7. The smallest absolute Gasteiger partial charge is 0.191 e. The van der Waals surface area contributed by atoms with Gasteiger partial charge in [-0.2, -0.15) is 0 Å². The van der Waals surface area contributed by atoms with Crippen LogP contribution in [0.4, 0.5) is 8.78 Å². The molecular formula is C17H26F2N4. The van der Waals surface area contributed by atoms with Gasteiger partial charge in [-0.25, -0.2) is 8.78 Å². The van der Waals surface area contributed by atoms with Gasteiger partial charge in [0.2, 0.25) is 0 Å². The molecule has 1 saturated heterocycles. The summed E-state index contributed by atoms with van der Waals surface area (Å²) < 4.78 is 26.8. The molecule has 1 aromatic carbocycles. The molecule has 2 rings (SSSR count). The summed E-state index contributed by atoms with van der Waals surface area (Å²) in [4.78, 5) is 6.60. The van der Waals surface area contributed by atoms with E-state index < -0.39 is 11.6 Å². The van der Waals surface area contributed by atoms with E-state index in [1.165, 1.54) is 25.5 Å². The zero-order valence-electron chi connectivity index (χ0n) is 13.9. The maximum absolute atomic E-state index is 13.6. The number of piperidine rings is 1. The number of hydrogen-bond donors (Lipinski definition) is 2. The van der Waals surface area contributed by atoms with E-state index in [0.717, 1.165) is 31.8 Å². The Kier molecular flexibility index (Phi) is 6.77. The fourth-order valence-electron chi connectivity index (χ4n) is 2.92. The Morgan fingerprint density at radius 1 is 1.35 bits per heavy atom. The van der Waals surface area contributed by atoms with Crippen molar-refractivity contribution in [2.45, 2.75) is 26.3 Å². The molecule has 0 saturated carbocycles. The zero-order chi connectivity index (χ0) is 16.7. The quantitative estimate of drug-likeness (QED) is 0.645. The minimum atomic E-state index is -0.437. The largest absolute Gasteiger partial charge is 0.356 e. The summed E-state index contributed by atoms with van der Waals surface area (Å²) in [6, 6.07) is 3.47. The minimum Gasteiger partial charge on any atom is -0.356 e. The Morgan fingerprint density at radius 3 is 2.91 bits per heavy atom. The molecule has 1 heterocycles. The van der Waals surface area contributed by atoms with Gasteiger partial charge in [0, 0.05) is 32.2 Å². The van der Waals surface area contributed by atoms with E-state index in [0.29, 0.717) is 17.4 Å². The van der Waals surface area contributed by atoms with Crippen LogP contribution in [0.1, 0.15) is 25.3 Å². The second-order valence-electron chi connectivity index (χ2n) is 5.94. The van der Waals surface area contributed by atoms with Gasteiger partial charge in [-0.15, -0.1) is 0 Å². The second kappa shape index (κ2) is 8.82. The van der Waals surface area contributed by atoms with Crippen molar-refractivity contribution in [1.29, 1.82) is 0 Å². The van der Waals surface area contributed by atoms with E-state index in [1.807, 2.05) is 0 Å². The van der Waals surface area contributed by atoms with Crippen molar-refractivity contribution in [1.82, 2.24) is 15.5 Å². The lowest BCUT2D eigenvalue weighted by Crippen LogP contribution is -2.44. The van der Waals surface area contributed by atoms with Gasteiger partial charge in [-0.05, 0) is 50.0 Å². The molecule has 1 aromatic rings. The van der Waals surface area contributed by atoms with Crippen molar-refractivity contribution < 1.29 is 8.78 Å². The maximum atomic E-state index is 13.6. The van der Waals surface area contributed by atoms with E-state index in [4.69, 9.17) is 0 Å². The van der Waals surface area contributed by atoms with Crippen LogP contribution >= 0.6 is 0 Å². The molecule has 0 radical (unpaired) electrons. The van der Waals surface area contributed by atoms with Crippen LogP contribution in [0.3, 0.4) is 0 Å².